The van der Waals surface area contributed by atoms with Gasteiger partial charge in [0.25, 0.3) is 11.8 Å². The van der Waals surface area contributed by atoms with Gasteiger partial charge >= 0.3 is 6.18 Å². The van der Waals surface area contributed by atoms with Crippen LogP contribution in [0.2, 0.25) is 0 Å². The van der Waals surface area contributed by atoms with E-state index in [0.29, 0.717) is 10.5 Å². The molecule has 0 aliphatic rings. The first kappa shape index (κ1) is 20.6. The van der Waals surface area contributed by atoms with E-state index in [2.05, 4.69) is 26.6 Å². The zero-order valence-corrected chi connectivity index (χ0v) is 15.9. The number of nitrogens with one attached hydrogen (secondary N) is 2. The minimum Gasteiger partial charge on any atom is -0.459 e. The Kier molecular flexibility index (Phi) is 5.73. The molecule has 3 aromatic rings. The van der Waals surface area contributed by atoms with Gasteiger partial charge in [-0.25, -0.2) is 4.39 Å². The first-order chi connectivity index (χ1) is 13.6. The van der Waals surface area contributed by atoms with E-state index in [0.717, 1.165) is 18.2 Å². The van der Waals surface area contributed by atoms with Gasteiger partial charge < -0.3 is 15.1 Å². The lowest BCUT2D eigenvalue weighted by atomic mass is 10.1. The summed E-state index contributed by atoms with van der Waals surface area (Å²) < 4.78 is 59.5. The first-order valence-electron chi connectivity index (χ1n) is 7.97. The van der Waals surface area contributed by atoms with Gasteiger partial charge in [-0.05, 0) is 48.5 Å². The normalized spacial score (nSPS) is 11.2. The van der Waals surface area contributed by atoms with Crippen LogP contribution in [0, 0.1) is 5.82 Å². The van der Waals surface area contributed by atoms with Crippen molar-refractivity contribution in [3.05, 3.63) is 82.0 Å². The molecule has 0 spiro atoms. The number of alkyl halides is 3. The fourth-order valence-electron chi connectivity index (χ4n) is 2.43. The molecule has 0 unspecified atom stereocenters. The van der Waals surface area contributed by atoms with Crippen molar-refractivity contribution in [2.75, 3.05) is 10.6 Å². The predicted octanol–water partition coefficient (Wildman–Crippen LogP) is 5.70. The number of benzene rings is 2. The highest BCUT2D eigenvalue weighted by Crippen LogP contribution is 2.37. The van der Waals surface area contributed by atoms with Crippen molar-refractivity contribution in [3.63, 3.8) is 0 Å². The van der Waals surface area contributed by atoms with Crippen LogP contribution >= 0.6 is 15.9 Å². The van der Waals surface area contributed by atoms with Gasteiger partial charge in [0.2, 0.25) is 0 Å². The van der Waals surface area contributed by atoms with E-state index in [1.807, 2.05) is 0 Å². The van der Waals surface area contributed by atoms with Crippen LogP contribution in [0.25, 0.3) is 0 Å². The zero-order valence-electron chi connectivity index (χ0n) is 14.3. The molecule has 10 heteroatoms. The van der Waals surface area contributed by atoms with Crippen molar-refractivity contribution >= 4 is 39.1 Å². The summed E-state index contributed by atoms with van der Waals surface area (Å²) in [5.41, 5.74) is -2.38. The van der Waals surface area contributed by atoms with Crippen molar-refractivity contribution in [3.8, 4) is 0 Å². The summed E-state index contributed by atoms with van der Waals surface area (Å²) in [6.07, 6.45) is -3.60. The van der Waals surface area contributed by atoms with Crippen LogP contribution in [0.15, 0.2) is 63.7 Å². The summed E-state index contributed by atoms with van der Waals surface area (Å²) in [5.74, 6) is -2.76. The molecule has 2 aromatic carbocycles. The summed E-state index contributed by atoms with van der Waals surface area (Å²) in [7, 11) is 0. The minimum atomic E-state index is -4.84. The zero-order chi connectivity index (χ0) is 21.2. The number of halogens is 5. The summed E-state index contributed by atoms with van der Waals surface area (Å²) in [5, 5.41) is 4.33. The van der Waals surface area contributed by atoms with Crippen molar-refractivity contribution in [1.29, 1.82) is 0 Å². The first-order valence-corrected chi connectivity index (χ1v) is 8.77. The second-order valence-electron chi connectivity index (χ2n) is 5.77. The van der Waals surface area contributed by atoms with E-state index in [4.69, 9.17) is 4.42 Å². The number of rotatable bonds is 4. The third-order valence-corrected chi connectivity index (χ3v) is 4.24. The molecule has 3 rings (SSSR count). The number of furan rings is 1. The molecule has 2 amide bonds. The van der Waals surface area contributed by atoms with Crippen LogP contribution in [0.4, 0.5) is 28.9 Å². The van der Waals surface area contributed by atoms with E-state index in [1.54, 1.807) is 0 Å². The van der Waals surface area contributed by atoms with Crippen molar-refractivity contribution in [2.24, 2.45) is 0 Å². The average molecular weight is 471 g/mol. The molecule has 2 N–H and O–H groups in total. The summed E-state index contributed by atoms with van der Waals surface area (Å²) in [6.45, 7) is 0. The smallest absolute Gasteiger partial charge is 0.418 e. The molecule has 0 saturated heterocycles. The molecular formula is C19H11BrF4N2O3. The van der Waals surface area contributed by atoms with Crippen LogP contribution in [-0.2, 0) is 6.18 Å². The standard InChI is InChI=1S/C19H11BrF4N2O3/c20-10-3-5-14(21)12(8-10)17(27)26-15-6-4-11(9-13(15)19(22,23)24)25-18(28)16-2-1-7-29-16/h1-9H,(H,25,28)(H,26,27). The Bertz CT molecular complexity index is 1070. The Hall–Kier alpha value is -3.14. The number of carbonyl (C=O) groups is 2. The number of hydrogen-bond donors (Lipinski definition) is 2. The molecule has 0 fully saturated rings. The monoisotopic (exact) mass is 470 g/mol. The number of carbonyl (C=O) groups excluding carboxylic acids is 2. The Morgan fingerprint density at radius 3 is 2.38 bits per heavy atom. The SMILES string of the molecule is O=C(Nc1ccc(NC(=O)c2cc(Br)ccc2F)c(C(F)(F)F)c1)c1ccco1. The van der Waals surface area contributed by atoms with Gasteiger partial charge in [-0.3, -0.25) is 9.59 Å². The summed E-state index contributed by atoms with van der Waals surface area (Å²) >= 11 is 3.07. The van der Waals surface area contributed by atoms with Gasteiger partial charge in [0.1, 0.15) is 5.82 Å². The van der Waals surface area contributed by atoms with Crippen LogP contribution in [0.5, 0.6) is 0 Å². The van der Waals surface area contributed by atoms with Crippen LogP contribution in [0.3, 0.4) is 0 Å². The molecule has 0 bridgehead atoms. The molecule has 150 valence electrons. The molecule has 0 aliphatic carbocycles. The van der Waals surface area contributed by atoms with Gasteiger partial charge in [0.05, 0.1) is 23.1 Å². The van der Waals surface area contributed by atoms with Gasteiger partial charge in [0, 0.05) is 10.2 Å². The summed E-state index contributed by atoms with van der Waals surface area (Å²) in [4.78, 5) is 24.2. The lowest BCUT2D eigenvalue weighted by molar-refractivity contribution is -0.136. The van der Waals surface area contributed by atoms with E-state index < -0.39 is 40.6 Å². The second-order valence-corrected chi connectivity index (χ2v) is 6.68. The maximum atomic E-state index is 13.8. The molecule has 0 aliphatic heterocycles. The third-order valence-electron chi connectivity index (χ3n) is 3.75. The third kappa shape index (κ3) is 4.83. The maximum absolute atomic E-state index is 13.8. The lowest BCUT2D eigenvalue weighted by Gasteiger charge is -2.16. The quantitative estimate of drug-likeness (QED) is 0.480. The topological polar surface area (TPSA) is 71.3 Å². The van der Waals surface area contributed by atoms with Gasteiger partial charge in [-0.15, -0.1) is 0 Å². The van der Waals surface area contributed by atoms with Crippen molar-refractivity contribution < 1.29 is 31.6 Å². The molecule has 1 aromatic heterocycles. The number of hydrogen-bond acceptors (Lipinski definition) is 3. The molecule has 1 heterocycles. The average Bonchev–Trinajstić information content (AvgIpc) is 3.19. The van der Waals surface area contributed by atoms with E-state index in [9.17, 15) is 27.2 Å². The second kappa shape index (κ2) is 8.08. The highest BCUT2D eigenvalue weighted by Gasteiger charge is 2.34. The fraction of sp³-hybridized carbons (Fsp3) is 0.0526. The van der Waals surface area contributed by atoms with E-state index >= 15 is 0 Å². The van der Waals surface area contributed by atoms with Crippen LogP contribution < -0.4 is 10.6 Å². The largest absolute Gasteiger partial charge is 0.459 e. The van der Waals surface area contributed by atoms with Crippen LogP contribution in [-0.4, -0.2) is 11.8 Å². The van der Waals surface area contributed by atoms with Gasteiger partial charge in [-0.1, -0.05) is 15.9 Å². The number of anilines is 2. The van der Waals surface area contributed by atoms with Crippen molar-refractivity contribution in [2.45, 2.75) is 6.18 Å². The minimum absolute atomic E-state index is 0.0823. The Balaban J connectivity index is 1.89. The van der Waals surface area contributed by atoms with Gasteiger partial charge in [-0.2, -0.15) is 13.2 Å². The summed E-state index contributed by atoms with van der Waals surface area (Å²) in [6, 6.07) is 9.11. The van der Waals surface area contributed by atoms with Gasteiger partial charge in [0.15, 0.2) is 5.76 Å². The Morgan fingerprint density at radius 2 is 1.72 bits per heavy atom. The number of amides is 2. The molecule has 5 nitrogen and oxygen atoms in total. The lowest BCUT2D eigenvalue weighted by Crippen LogP contribution is -2.18. The highest BCUT2D eigenvalue weighted by molar-refractivity contribution is 9.10. The molecule has 0 atom stereocenters. The van der Waals surface area contributed by atoms with E-state index in [1.165, 1.54) is 30.5 Å². The van der Waals surface area contributed by atoms with E-state index in [-0.39, 0.29) is 11.4 Å². The Labute approximate surface area is 169 Å². The molecule has 0 radical (unpaired) electrons. The fourth-order valence-corrected chi connectivity index (χ4v) is 2.79. The molecule has 29 heavy (non-hydrogen) atoms. The van der Waals surface area contributed by atoms with Crippen LogP contribution in [0.1, 0.15) is 26.5 Å². The maximum Gasteiger partial charge on any atom is 0.418 e. The highest BCUT2D eigenvalue weighted by atomic mass is 79.9. The predicted molar refractivity (Wildman–Crippen MR) is 100 cm³/mol. The molecular weight excluding hydrogens is 460 g/mol. The van der Waals surface area contributed by atoms with Crippen molar-refractivity contribution in [1.82, 2.24) is 0 Å². The molecule has 0 saturated carbocycles. The Morgan fingerprint density at radius 1 is 0.966 bits per heavy atom.